The van der Waals surface area contributed by atoms with Crippen LogP contribution in [0.2, 0.25) is 0 Å². The van der Waals surface area contributed by atoms with Gasteiger partial charge in [0.05, 0.1) is 27.5 Å². The summed E-state index contributed by atoms with van der Waals surface area (Å²) in [7, 11) is 0. The van der Waals surface area contributed by atoms with E-state index in [1.807, 2.05) is 0 Å². The number of benzene rings is 12. The number of hydrogen-bond acceptors (Lipinski definition) is 0. The van der Waals surface area contributed by atoms with Crippen LogP contribution in [0.25, 0.3) is 122 Å². The average Bonchev–Trinajstić information content (AvgIpc) is 2.00. The molecule has 14 aromatic rings. The Morgan fingerprint density at radius 1 is 0.222 bits per heavy atom. The Balaban J connectivity index is 0.785. The maximum atomic E-state index is 2.54. The zero-order valence-corrected chi connectivity index (χ0v) is 45.6. The summed E-state index contributed by atoms with van der Waals surface area (Å²) in [5.74, 6) is 0. The van der Waals surface area contributed by atoms with Gasteiger partial charge in [-0.15, -0.1) is 0 Å². The molecule has 0 atom stereocenters. The molecule has 380 valence electrons. The minimum absolute atomic E-state index is 0.0895. The van der Waals surface area contributed by atoms with Gasteiger partial charge in [0.2, 0.25) is 0 Å². The van der Waals surface area contributed by atoms with Crippen molar-refractivity contribution >= 4 is 43.6 Å². The molecule has 2 aromatic heterocycles. The van der Waals surface area contributed by atoms with Crippen LogP contribution >= 0.6 is 0 Å². The van der Waals surface area contributed by atoms with Crippen molar-refractivity contribution in [3.05, 3.63) is 299 Å². The summed E-state index contributed by atoms with van der Waals surface area (Å²) >= 11 is 0. The highest BCUT2D eigenvalue weighted by atomic mass is 15.0. The Hall–Kier alpha value is -9.76. The fourth-order valence-electron chi connectivity index (χ4n) is 16.0. The number of hydrogen-bond donors (Lipinski definition) is 0. The largest absolute Gasteiger partial charge is 0.309 e. The molecule has 2 heteroatoms. The zero-order chi connectivity index (χ0) is 53.7. The number of rotatable bonds is 4. The highest BCUT2D eigenvalue weighted by molar-refractivity contribution is 6.12. The second-order valence-corrected chi connectivity index (χ2v) is 24.3. The van der Waals surface area contributed by atoms with E-state index in [0.29, 0.717) is 0 Å². The molecule has 0 bridgehead atoms. The van der Waals surface area contributed by atoms with Crippen LogP contribution in [0, 0.1) is 0 Å². The molecule has 2 nitrogen and oxygen atoms in total. The van der Waals surface area contributed by atoms with Gasteiger partial charge in [-0.2, -0.15) is 0 Å². The molecule has 0 fully saturated rings. The second-order valence-electron chi connectivity index (χ2n) is 24.3. The maximum Gasteiger partial charge on any atom is 0.0725 e. The SMILES string of the molecule is CC1(C)c2ccccc2-c2ccc(-n3c4ccccc4c4cc(-c5ccc6c(c5)C5(c7ccccc7-c7ccccc75)c5cc(-c7ccc8c(c7)c7ccccc7n8-c7ccc8c(c7)C(C)(C)c7ccccc7-8)ccc5-6)ccc43)cc21. The molecule has 0 N–H and O–H groups in total. The molecule has 2 heterocycles. The van der Waals surface area contributed by atoms with Crippen LogP contribution in [0.3, 0.4) is 0 Å². The van der Waals surface area contributed by atoms with Gasteiger partial charge in [0.25, 0.3) is 0 Å². The van der Waals surface area contributed by atoms with Gasteiger partial charge in [0.1, 0.15) is 0 Å². The predicted octanol–water partition coefficient (Wildman–Crippen LogP) is 20.2. The highest BCUT2D eigenvalue weighted by Crippen LogP contribution is 2.64. The quantitative estimate of drug-likeness (QED) is 0.166. The Morgan fingerprint density at radius 3 is 0.975 bits per heavy atom. The average molecular weight is 1030 g/mol. The molecule has 0 saturated carbocycles. The zero-order valence-electron chi connectivity index (χ0n) is 45.6. The molecule has 4 aliphatic rings. The van der Waals surface area contributed by atoms with Crippen molar-refractivity contribution in [3.8, 4) is 78.1 Å². The van der Waals surface area contributed by atoms with Gasteiger partial charge in [-0.05, 0) is 184 Å². The van der Waals surface area contributed by atoms with Crippen molar-refractivity contribution in [1.82, 2.24) is 9.13 Å². The second kappa shape index (κ2) is 15.7. The standard InChI is InChI=1S/C79H54N2/c1-77(2)65-23-11-5-17-53(65)57-37-33-51(45-69(57)77)80-73-27-15-9-21-61(73)63-41-47(31-39-75(63)80)49-29-35-59-60-36-30-50(44-72(60)79(71(59)43-49)67-25-13-7-19-55(67)56-20-8-14-26-68(56)79)48-32-40-76-64(42-48)62-22-10-16-28-74(62)81(76)52-34-38-58-54-18-6-12-24-66(54)78(3,4)70(58)46-52/h5-46H,1-4H3. The predicted molar refractivity (Wildman–Crippen MR) is 337 cm³/mol. The lowest BCUT2D eigenvalue weighted by Gasteiger charge is -2.31. The first-order chi connectivity index (χ1) is 39.7. The van der Waals surface area contributed by atoms with Gasteiger partial charge in [-0.25, -0.2) is 0 Å². The Kier molecular flexibility index (Phi) is 8.77. The van der Waals surface area contributed by atoms with E-state index in [2.05, 4.69) is 292 Å². The summed E-state index contributed by atoms with van der Waals surface area (Å²) in [6, 6.07) is 97.3. The molecule has 0 unspecified atom stereocenters. The Morgan fingerprint density at radius 2 is 0.531 bits per heavy atom. The molecule has 81 heavy (non-hydrogen) atoms. The third kappa shape index (κ3) is 5.76. The first kappa shape index (κ1) is 45.1. The molecule has 18 rings (SSSR count). The molecular formula is C79H54N2. The normalized spacial score (nSPS) is 15.0. The van der Waals surface area contributed by atoms with Crippen molar-refractivity contribution in [3.63, 3.8) is 0 Å². The van der Waals surface area contributed by atoms with Crippen molar-refractivity contribution in [2.45, 2.75) is 43.9 Å². The van der Waals surface area contributed by atoms with Gasteiger partial charge in [-0.1, -0.05) is 210 Å². The van der Waals surface area contributed by atoms with Crippen LogP contribution in [-0.4, -0.2) is 9.13 Å². The van der Waals surface area contributed by atoms with Crippen LogP contribution in [0.15, 0.2) is 255 Å². The van der Waals surface area contributed by atoms with E-state index >= 15 is 0 Å². The van der Waals surface area contributed by atoms with Crippen LogP contribution in [0.5, 0.6) is 0 Å². The monoisotopic (exact) mass is 1030 g/mol. The van der Waals surface area contributed by atoms with E-state index in [9.17, 15) is 0 Å². The fourth-order valence-corrected chi connectivity index (χ4v) is 16.0. The van der Waals surface area contributed by atoms with E-state index in [0.717, 1.165) is 0 Å². The third-order valence-corrected chi connectivity index (χ3v) is 19.8. The molecule has 0 radical (unpaired) electrons. The lowest BCUT2D eigenvalue weighted by atomic mass is 9.70. The first-order valence-electron chi connectivity index (χ1n) is 28.7. The number of aromatic nitrogens is 2. The molecule has 12 aromatic carbocycles. The van der Waals surface area contributed by atoms with Crippen molar-refractivity contribution < 1.29 is 0 Å². The molecule has 0 aliphatic heterocycles. The topological polar surface area (TPSA) is 9.86 Å². The summed E-state index contributed by atoms with van der Waals surface area (Å²) in [5, 5.41) is 5.03. The van der Waals surface area contributed by atoms with Gasteiger partial charge >= 0.3 is 0 Å². The maximum absolute atomic E-state index is 2.54. The van der Waals surface area contributed by atoms with Crippen molar-refractivity contribution in [2.75, 3.05) is 0 Å². The minimum Gasteiger partial charge on any atom is -0.309 e. The van der Waals surface area contributed by atoms with Crippen LogP contribution in [0.1, 0.15) is 72.2 Å². The smallest absolute Gasteiger partial charge is 0.0725 e. The molecule has 4 aliphatic carbocycles. The summed E-state index contributed by atoms with van der Waals surface area (Å²) in [5.41, 5.74) is 32.9. The van der Waals surface area contributed by atoms with E-state index in [1.165, 1.54) is 166 Å². The Bertz CT molecular complexity index is 4800. The van der Waals surface area contributed by atoms with E-state index in [1.54, 1.807) is 0 Å². The molecule has 1 spiro atoms. The molecule has 0 amide bonds. The molecule has 0 saturated heterocycles. The lowest BCUT2D eigenvalue weighted by Crippen LogP contribution is -2.26. The van der Waals surface area contributed by atoms with E-state index in [4.69, 9.17) is 0 Å². The summed E-state index contributed by atoms with van der Waals surface area (Å²) in [6.07, 6.45) is 0. The highest BCUT2D eigenvalue weighted by Gasteiger charge is 2.52. The number of para-hydroxylation sites is 2. The lowest BCUT2D eigenvalue weighted by molar-refractivity contribution is 0.660. The summed E-state index contributed by atoms with van der Waals surface area (Å²) in [6.45, 7) is 9.49. The fraction of sp³-hybridized carbons (Fsp3) is 0.0886. The van der Waals surface area contributed by atoms with E-state index < -0.39 is 5.41 Å². The van der Waals surface area contributed by atoms with E-state index in [-0.39, 0.29) is 10.8 Å². The molecular weight excluding hydrogens is 977 g/mol. The third-order valence-electron chi connectivity index (χ3n) is 19.8. The van der Waals surface area contributed by atoms with Gasteiger partial charge < -0.3 is 9.13 Å². The van der Waals surface area contributed by atoms with Gasteiger partial charge in [0, 0.05) is 43.7 Å². The van der Waals surface area contributed by atoms with Gasteiger partial charge in [0.15, 0.2) is 0 Å². The van der Waals surface area contributed by atoms with Crippen LogP contribution < -0.4 is 0 Å². The summed E-state index contributed by atoms with van der Waals surface area (Å²) in [4.78, 5) is 0. The van der Waals surface area contributed by atoms with Crippen LogP contribution in [0.4, 0.5) is 0 Å². The number of fused-ring (bicyclic) bond motifs is 22. The summed E-state index contributed by atoms with van der Waals surface area (Å²) < 4.78 is 4.96. The van der Waals surface area contributed by atoms with Gasteiger partial charge in [-0.3, -0.25) is 0 Å². The van der Waals surface area contributed by atoms with Crippen LogP contribution in [-0.2, 0) is 16.2 Å². The van der Waals surface area contributed by atoms with Crippen molar-refractivity contribution in [2.24, 2.45) is 0 Å². The first-order valence-corrected chi connectivity index (χ1v) is 28.7. The minimum atomic E-state index is -0.522. The van der Waals surface area contributed by atoms with Crippen molar-refractivity contribution in [1.29, 1.82) is 0 Å². The Labute approximate surface area is 471 Å². The number of nitrogens with zero attached hydrogens (tertiary/aromatic N) is 2.